The van der Waals surface area contributed by atoms with E-state index in [1.807, 2.05) is 73.2 Å². The van der Waals surface area contributed by atoms with Crippen LogP contribution in [0.25, 0.3) is 0 Å². The highest BCUT2D eigenvalue weighted by Gasteiger charge is 2.30. The van der Waals surface area contributed by atoms with Gasteiger partial charge in [0, 0.05) is 6.42 Å². The number of carboxylic acid groups (broad SMARTS) is 1. The average molecular weight is 575 g/mol. The molecule has 0 spiro atoms. The van der Waals surface area contributed by atoms with Gasteiger partial charge in [0.15, 0.2) is 0 Å². The molecule has 0 aliphatic rings. The monoisotopic (exact) mass is 574 g/mol. The first-order chi connectivity index (χ1) is 18.7. The van der Waals surface area contributed by atoms with Crippen molar-refractivity contribution in [3.8, 4) is 0 Å². The molecule has 0 saturated heterocycles. The van der Waals surface area contributed by atoms with E-state index in [4.69, 9.17) is 5.73 Å². The molecule has 4 unspecified atom stereocenters. The average Bonchev–Trinajstić information content (AvgIpc) is 2.93. The smallest absolute Gasteiger partial charge is 0.326 e. The van der Waals surface area contributed by atoms with Gasteiger partial charge in [0.05, 0.1) is 6.04 Å². The topological polar surface area (TPSA) is 151 Å². The number of thioether (sulfide) groups is 2. The minimum Gasteiger partial charge on any atom is -0.480 e. The van der Waals surface area contributed by atoms with E-state index in [9.17, 15) is 24.3 Å². The predicted octanol–water partition coefficient (Wildman–Crippen LogP) is 1.84. The fraction of sp³-hybridized carbons (Fsp3) is 0.429. The Bertz CT molecular complexity index is 1060. The van der Waals surface area contributed by atoms with Gasteiger partial charge in [-0.25, -0.2) is 4.79 Å². The van der Waals surface area contributed by atoms with Gasteiger partial charge in [-0.3, -0.25) is 14.4 Å². The second-order valence-corrected chi connectivity index (χ2v) is 11.0. The Morgan fingerprint density at radius 3 is 1.64 bits per heavy atom. The number of carboxylic acids is 1. The first-order valence-electron chi connectivity index (χ1n) is 12.7. The summed E-state index contributed by atoms with van der Waals surface area (Å²) in [6.45, 7) is 0. The van der Waals surface area contributed by atoms with E-state index < -0.39 is 47.9 Å². The standard InChI is InChI=1S/C28H38N4O5S2/c1-38-15-13-22(30-25(33)21(29)17-19-9-5-3-6-10-19)26(34)32-24(18-20-11-7-4-8-12-20)27(35)31-23(28(36)37)14-16-39-2/h3-12,21-24H,13-18,29H2,1-2H3,(H,30,33)(H,31,35)(H,32,34)(H,36,37). The Hall–Kier alpha value is -3.02. The molecular formula is C28H38N4O5S2. The summed E-state index contributed by atoms with van der Waals surface area (Å²) in [5.41, 5.74) is 7.83. The van der Waals surface area contributed by atoms with Crippen molar-refractivity contribution in [3.05, 3.63) is 71.8 Å². The summed E-state index contributed by atoms with van der Waals surface area (Å²) in [5.74, 6) is -1.59. The van der Waals surface area contributed by atoms with Crippen LogP contribution in [-0.2, 0) is 32.0 Å². The number of hydrogen-bond donors (Lipinski definition) is 5. The lowest BCUT2D eigenvalue weighted by atomic mass is 10.0. The lowest BCUT2D eigenvalue weighted by molar-refractivity contribution is -0.142. The van der Waals surface area contributed by atoms with E-state index in [1.165, 1.54) is 23.5 Å². The second kappa shape index (κ2) is 17.5. The minimum atomic E-state index is -1.14. The van der Waals surface area contributed by atoms with Crippen molar-refractivity contribution in [1.82, 2.24) is 16.0 Å². The molecule has 2 aromatic carbocycles. The zero-order valence-electron chi connectivity index (χ0n) is 22.3. The van der Waals surface area contributed by atoms with Crippen LogP contribution in [0.5, 0.6) is 0 Å². The Labute approximate surface area is 238 Å². The van der Waals surface area contributed by atoms with Gasteiger partial charge in [-0.2, -0.15) is 23.5 Å². The summed E-state index contributed by atoms with van der Waals surface area (Å²) < 4.78 is 0. The molecule has 0 saturated carbocycles. The Kier molecular flexibility index (Phi) is 14.5. The van der Waals surface area contributed by atoms with Crippen molar-refractivity contribution in [3.63, 3.8) is 0 Å². The minimum absolute atomic E-state index is 0.157. The number of carbonyl (C=O) groups is 4. The molecular weight excluding hydrogens is 536 g/mol. The van der Waals surface area contributed by atoms with Crippen LogP contribution in [-0.4, -0.2) is 77.0 Å². The van der Waals surface area contributed by atoms with Gasteiger partial charge in [-0.1, -0.05) is 60.7 Å². The summed E-state index contributed by atoms with van der Waals surface area (Å²) in [7, 11) is 0. The Balaban J connectivity index is 2.17. The maximum Gasteiger partial charge on any atom is 0.326 e. The lowest BCUT2D eigenvalue weighted by Crippen LogP contribution is -2.58. The van der Waals surface area contributed by atoms with Crippen LogP contribution in [0, 0.1) is 0 Å². The third-order valence-electron chi connectivity index (χ3n) is 6.02. The van der Waals surface area contributed by atoms with E-state index in [1.54, 1.807) is 0 Å². The number of hydrogen-bond acceptors (Lipinski definition) is 7. The van der Waals surface area contributed by atoms with Crippen LogP contribution in [0.2, 0.25) is 0 Å². The van der Waals surface area contributed by atoms with E-state index >= 15 is 0 Å². The first-order valence-corrected chi connectivity index (χ1v) is 15.5. The molecule has 212 valence electrons. The van der Waals surface area contributed by atoms with E-state index in [0.717, 1.165) is 11.1 Å². The summed E-state index contributed by atoms with van der Waals surface area (Å²) in [6.07, 6.45) is 4.80. The molecule has 0 radical (unpaired) electrons. The van der Waals surface area contributed by atoms with Gasteiger partial charge in [0.2, 0.25) is 17.7 Å². The highest BCUT2D eigenvalue weighted by molar-refractivity contribution is 7.98. The van der Waals surface area contributed by atoms with Crippen molar-refractivity contribution >= 4 is 47.2 Å². The van der Waals surface area contributed by atoms with Gasteiger partial charge in [-0.05, 0) is 54.4 Å². The van der Waals surface area contributed by atoms with Crippen LogP contribution < -0.4 is 21.7 Å². The molecule has 0 fully saturated rings. The predicted molar refractivity (Wildman–Crippen MR) is 158 cm³/mol. The summed E-state index contributed by atoms with van der Waals surface area (Å²) in [4.78, 5) is 51.2. The lowest BCUT2D eigenvalue weighted by Gasteiger charge is -2.25. The molecule has 4 atom stereocenters. The molecule has 2 rings (SSSR count). The first kappa shape index (κ1) is 32.2. The Morgan fingerprint density at radius 1 is 0.692 bits per heavy atom. The maximum atomic E-state index is 13.4. The third kappa shape index (κ3) is 11.7. The molecule has 0 bridgehead atoms. The molecule has 11 heteroatoms. The molecule has 0 heterocycles. The molecule has 6 N–H and O–H groups in total. The molecule has 9 nitrogen and oxygen atoms in total. The highest BCUT2D eigenvalue weighted by atomic mass is 32.2. The van der Waals surface area contributed by atoms with Crippen molar-refractivity contribution in [2.45, 2.75) is 49.9 Å². The maximum absolute atomic E-state index is 13.4. The number of aliphatic carboxylic acids is 1. The third-order valence-corrected chi connectivity index (χ3v) is 7.31. The van der Waals surface area contributed by atoms with E-state index in [-0.39, 0.29) is 12.8 Å². The number of carbonyl (C=O) groups excluding carboxylic acids is 3. The van der Waals surface area contributed by atoms with E-state index in [0.29, 0.717) is 24.3 Å². The van der Waals surface area contributed by atoms with Gasteiger partial charge in [0.1, 0.15) is 18.1 Å². The highest BCUT2D eigenvalue weighted by Crippen LogP contribution is 2.09. The second-order valence-electron chi connectivity index (χ2n) is 9.07. The van der Waals surface area contributed by atoms with Crippen LogP contribution in [0.15, 0.2) is 60.7 Å². The molecule has 3 amide bonds. The van der Waals surface area contributed by atoms with Gasteiger partial charge in [-0.15, -0.1) is 0 Å². The fourth-order valence-corrected chi connectivity index (χ4v) is 4.78. The quantitative estimate of drug-likeness (QED) is 0.192. The summed E-state index contributed by atoms with van der Waals surface area (Å²) in [5, 5.41) is 17.6. The number of nitrogens with one attached hydrogen (secondary N) is 3. The van der Waals surface area contributed by atoms with Crippen molar-refractivity contribution in [2.75, 3.05) is 24.0 Å². The van der Waals surface area contributed by atoms with Gasteiger partial charge >= 0.3 is 5.97 Å². The number of benzene rings is 2. The van der Waals surface area contributed by atoms with Crippen molar-refractivity contribution < 1.29 is 24.3 Å². The normalized spacial score (nSPS) is 13.9. The molecule has 0 aliphatic carbocycles. The van der Waals surface area contributed by atoms with Gasteiger partial charge in [0.25, 0.3) is 0 Å². The SMILES string of the molecule is CSCCC(NC(=O)C(Cc1ccccc1)NC(=O)C(CCSC)NC(=O)C(N)Cc1ccccc1)C(=O)O. The fourth-order valence-electron chi connectivity index (χ4n) is 3.84. The number of nitrogens with two attached hydrogens (primary N) is 1. The molecule has 2 aromatic rings. The van der Waals surface area contributed by atoms with Crippen molar-refractivity contribution in [1.29, 1.82) is 0 Å². The van der Waals surface area contributed by atoms with Crippen LogP contribution in [0.4, 0.5) is 0 Å². The zero-order valence-corrected chi connectivity index (χ0v) is 23.9. The largest absolute Gasteiger partial charge is 0.480 e. The van der Waals surface area contributed by atoms with Crippen LogP contribution in [0.1, 0.15) is 24.0 Å². The molecule has 39 heavy (non-hydrogen) atoms. The Morgan fingerprint density at radius 2 is 1.13 bits per heavy atom. The van der Waals surface area contributed by atoms with E-state index in [2.05, 4.69) is 16.0 Å². The summed E-state index contributed by atoms with van der Waals surface area (Å²) in [6, 6.07) is 14.6. The number of rotatable bonds is 17. The molecule has 0 aliphatic heterocycles. The van der Waals surface area contributed by atoms with Crippen molar-refractivity contribution in [2.24, 2.45) is 5.73 Å². The van der Waals surface area contributed by atoms with Crippen LogP contribution >= 0.6 is 23.5 Å². The zero-order chi connectivity index (χ0) is 28.6. The molecule has 0 aromatic heterocycles. The summed E-state index contributed by atoms with van der Waals surface area (Å²) >= 11 is 3.00. The van der Waals surface area contributed by atoms with Gasteiger partial charge < -0.3 is 26.8 Å². The number of amides is 3. The van der Waals surface area contributed by atoms with Crippen LogP contribution in [0.3, 0.4) is 0 Å².